The summed E-state index contributed by atoms with van der Waals surface area (Å²) in [5.74, 6) is 0.846. The fraction of sp³-hybridized carbons (Fsp3) is 0.500. The van der Waals surface area contributed by atoms with E-state index < -0.39 is 10.0 Å². The van der Waals surface area contributed by atoms with Crippen molar-refractivity contribution in [3.05, 3.63) is 35.9 Å². The lowest BCUT2D eigenvalue weighted by Crippen LogP contribution is -2.50. The van der Waals surface area contributed by atoms with Gasteiger partial charge in [-0.2, -0.15) is 4.31 Å². The molecule has 0 radical (unpaired) electrons. The number of carbonyl (C=O) groups is 1. The van der Waals surface area contributed by atoms with Gasteiger partial charge in [0.2, 0.25) is 10.0 Å². The third-order valence-corrected chi connectivity index (χ3v) is 7.34. The molecule has 150 valence electrons. The molecular formula is C18H23N5O4S. The van der Waals surface area contributed by atoms with Gasteiger partial charge in [-0.25, -0.2) is 13.4 Å². The van der Waals surface area contributed by atoms with Crippen LogP contribution in [-0.2, 0) is 10.0 Å². The lowest BCUT2D eigenvalue weighted by atomic mass is 10.0. The van der Waals surface area contributed by atoms with E-state index in [2.05, 4.69) is 15.5 Å². The molecule has 2 fully saturated rings. The zero-order valence-electron chi connectivity index (χ0n) is 15.5. The van der Waals surface area contributed by atoms with Crippen LogP contribution in [0.1, 0.15) is 54.8 Å². The molecule has 9 nitrogen and oxygen atoms in total. The first-order valence-corrected chi connectivity index (χ1v) is 10.8. The van der Waals surface area contributed by atoms with Crippen molar-refractivity contribution in [3.8, 4) is 0 Å². The zero-order chi connectivity index (χ0) is 19.9. The van der Waals surface area contributed by atoms with Gasteiger partial charge in [-0.3, -0.25) is 4.79 Å². The van der Waals surface area contributed by atoms with Crippen molar-refractivity contribution >= 4 is 21.7 Å². The highest BCUT2D eigenvalue weighted by atomic mass is 32.2. The summed E-state index contributed by atoms with van der Waals surface area (Å²) in [6.45, 7) is 2.11. The fourth-order valence-corrected chi connectivity index (χ4v) is 5.33. The van der Waals surface area contributed by atoms with Crippen LogP contribution in [0.3, 0.4) is 0 Å². The highest BCUT2D eigenvalue weighted by molar-refractivity contribution is 7.89. The van der Waals surface area contributed by atoms with Crippen molar-refractivity contribution in [3.63, 3.8) is 0 Å². The van der Waals surface area contributed by atoms with E-state index >= 15 is 0 Å². The van der Waals surface area contributed by atoms with E-state index in [-0.39, 0.29) is 40.9 Å². The number of aromatic nitrogens is 2. The van der Waals surface area contributed by atoms with Crippen molar-refractivity contribution in [2.75, 3.05) is 12.3 Å². The van der Waals surface area contributed by atoms with Gasteiger partial charge >= 0.3 is 0 Å². The van der Waals surface area contributed by atoms with E-state index in [1.165, 1.54) is 16.6 Å². The second kappa shape index (κ2) is 7.17. The number of hydrogen-bond donors (Lipinski definition) is 2. The largest absolute Gasteiger partial charge is 0.383 e. The summed E-state index contributed by atoms with van der Waals surface area (Å²) < 4.78 is 32.5. The summed E-state index contributed by atoms with van der Waals surface area (Å²) in [5.41, 5.74) is 6.03. The van der Waals surface area contributed by atoms with Crippen molar-refractivity contribution in [1.29, 1.82) is 0 Å². The summed E-state index contributed by atoms with van der Waals surface area (Å²) in [6.07, 6.45) is 4.60. The Bertz CT molecular complexity index is 985. The number of pyridine rings is 1. The fourth-order valence-electron chi connectivity index (χ4n) is 3.60. The molecular weight excluding hydrogens is 382 g/mol. The minimum absolute atomic E-state index is 0.0115. The number of rotatable bonds is 5. The minimum atomic E-state index is -3.74. The maximum Gasteiger partial charge on any atom is 0.273 e. The highest BCUT2D eigenvalue weighted by Crippen LogP contribution is 2.40. The molecule has 0 spiro atoms. The van der Waals surface area contributed by atoms with E-state index in [4.69, 9.17) is 10.3 Å². The highest BCUT2D eigenvalue weighted by Gasteiger charge is 2.36. The molecule has 4 rings (SSSR count). The molecule has 1 saturated carbocycles. The summed E-state index contributed by atoms with van der Waals surface area (Å²) >= 11 is 0. The molecule has 0 unspecified atom stereocenters. The number of piperidine rings is 1. The van der Waals surface area contributed by atoms with Crippen LogP contribution in [0, 0.1) is 0 Å². The Hall–Kier alpha value is -2.46. The first-order valence-electron chi connectivity index (χ1n) is 9.36. The van der Waals surface area contributed by atoms with Gasteiger partial charge in [0.05, 0.1) is 0 Å². The molecule has 2 aliphatic rings. The number of hydrogen-bond acceptors (Lipinski definition) is 7. The molecule has 2 aromatic rings. The number of carbonyl (C=O) groups excluding carboxylic acids is 1. The van der Waals surface area contributed by atoms with Crippen molar-refractivity contribution in [2.45, 2.75) is 55.5 Å². The monoisotopic (exact) mass is 405 g/mol. The predicted octanol–water partition coefficient (Wildman–Crippen LogP) is 1.50. The molecule has 1 aliphatic carbocycles. The third-order valence-electron chi connectivity index (χ3n) is 5.28. The van der Waals surface area contributed by atoms with E-state index in [9.17, 15) is 13.2 Å². The quantitative estimate of drug-likeness (QED) is 0.770. The Balaban J connectivity index is 1.40. The van der Waals surface area contributed by atoms with Gasteiger partial charge in [-0.1, -0.05) is 5.16 Å². The van der Waals surface area contributed by atoms with E-state index in [0.29, 0.717) is 18.8 Å². The van der Waals surface area contributed by atoms with Gasteiger partial charge in [-0.15, -0.1) is 0 Å². The number of nitrogens with zero attached hydrogens (tertiary/aromatic N) is 3. The van der Waals surface area contributed by atoms with Crippen LogP contribution >= 0.6 is 0 Å². The second-order valence-electron chi connectivity index (χ2n) is 7.44. The lowest BCUT2D eigenvalue weighted by molar-refractivity contribution is 0.0905. The Labute approximate surface area is 163 Å². The molecule has 1 amide bonds. The van der Waals surface area contributed by atoms with E-state index in [0.717, 1.165) is 18.6 Å². The molecule has 1 saturated heterocycles. The Morgan fingerprint density at radius 1 is 1.36 bits per heavy atom. The summed E-state index contributed by atoms with van der Waals surface area (Å²) in [4.78, 5) is 16.3. The van der Waals surface area contributed by atoms with Gasteiger partial charge in [0.15, 0.2) is 5.69 Å². The van der Waals surface area contributed by atoms with Gasteiger partial charge in [-0.05, 0) is 44.7 Å². The number of nitrogens with two attached hydrogens (primary N) is 1. The molecule has 3 N–H and O–H groups in total. The van der Waals surface area contributed by atoms with Gasteiger partial charge in [0.1, 0.15) is 16.5 Å². The molecule has 0 aromatic carbocycles. The first kappa shape index (κ1) is 18.9. The number of amides is 1. The number of nitrogens with one attached hydrogen (secondary N) is 1. The molecule has 1 aliphatic heterocycles. The van der Waals surface area contributed by atoms with Crippen molar-refractivity contribution < 1.29 is 17.7 Å². The van der Waals surface area contributed by atoms with Crippen molar-refractivity contribution in [2.24, 2.45) is 0 Å². The Kier molecular flexibility index (Phi) is 4.84. The average molecular weight is 405 g/mol. The predicted molar refractivity (Wildman–Crippen MR) is 101 cm³/mol. The van der Waals surface area contributed by atoms with Gasteiger partial charge < -0.3 is 15.6 Å². The lowest BCUT2D eigenvalue weighted by Gasteiger charge is -2.36. The minimum Gasteiger partial charge on any atom is -0.383 e. The van der Waals surface area contributed by atoms with E-state index in [1.54, 1.807) is 12.1 Å². The molecule has 10 heteroatoms. The van der Waals surface area contributed by atoms with Crippen LogP contribution in [0.2, 0.25) is 0 Å². The normalized spacial score (nSPS) is 23.5. The number of anilines is 1. The summed E-state index contributed by atoms with van der Waals surface area (Å²) in [7, 11) is -3.74. The smallest absolute Gasteiger partial charge is 0.273 e. The summed E-state index contributed by atoms with van der Waals surface area (Å²) in [6, 6.07) is 4.28. The number of nitrogen functional groups attached to an aromatic ring is 1. The van der Waals surface area contributed by atoms with Gasteiger partial charge in [0.25, 0.3) is 5.91 Å². The first-order chi connectivity index (χ1) is 13.4. The van der Waals surface area contributed by atoms with E-state index in [1.807, 2.05) is 6.92 Å². The molecule has 28 heavy (non-hydrogen) atoms. The topological polar surface area (TPSA) is 131 Å². The van der Waals surface area contributed by atoms with Gasteiger partial charge in [0, 0.05) is 36.8 Å². The van der Waals surface area contributed by atoms with Crippen LogP contribution in [0.15, 0.2) is 33.8 Å². The Morgan fingerprint density at radius 3 is 2.82 bits per heavy atom. The van der Waals surface area contributed by atoms with Crippen LogP contribution in [0.4, 0.5) is 5.82 Å². The molecule has 2 aromatic heterocycles. The zero-order valence-corrected chi connectivity index (χ0v) is 16.4. The average Bonchev–Trinajstić information content (AvgIpc) is 3.38. The van der Waals surface area contributed by atoms with Crippen LogP contribution in [-0.4, -0.2) is 47.4 Å². The Morgan fingerprint density at radius 2 is 2.14 bits per heavy atom. The van der Waals surface area contributed by atoms with Crippen LogP contribution < -0.4 is 11.1 Å². The standard InChI is InChI=1S/C18H23N5O4S/c1-11-9-13(21-18(24)14-10-15(27-22-14)12-4-5-12)6-8-23(11)28(25,26)16-3-2-7-20-17(16)19/h2-3,7,10-13H,4-6,8-9H2,1H3,(H2,19,20)(H,21,24)/t11-,13-/m0/s1. The number of sulfonamides is 1. The molecule has 3 heterocycles. The van der Waals surface area contributed by atoms with Crippen LogP contribution in [0.25, 0.3) is 0 Å². The van der Waals surface area contributed by atoms with Crippen LogP contribution in [0.5, 0.6) is 0 Å². The second-order valence-corrected chi connectivity index (χ2v) is 9.29. The maximum absolute atomic E-state index is 12.9. The maximum atomic E-state index is 12.9. The van der Waals surface area contributed by atoms with Crippen molar-refractivity contribution in [1.82, 2.24) is 19.8 Å². The molecule has 0 bridgehead atoms. The summed E-state index contributed by atoms with van der Waals surface area (Å²) in [5, 5.41) is 6.79. The molecule has 2 atom stereocenters. The SMILES string of the molecule is C[C@H]1C[C@@H](NC(=O)c2cc(C3CC3)on2)CCN1S(=O)(=O)c1cccnc1N. The third kappa shape index (κ3) is 3.61.